The first kappa shape index (κ1) is 9.46. The molecule has 0 aromatic heterocycles. The Kier molecular flexibility index (Phi) is 3.48. The van der Waals surface area contributed by atoms with Gasteiger partial charge in [0.2, 0.25) is 0 Å². The molecule has 64 valence electrons. The fourth-order valence-corrected chi connectivity index (χ4v) is 1.55. The van der Waals surface area contributed by atoms with Crippen LogP contribution in [-0.2, 0) is 0 Å². The lowest BCUT2D eigenvalue weighted by molar-refractivity contribution is 0.0981. The summed E-state index contributed by atoms with van der Waals surface area (Å²) in [7, 11) is 0. The van der Waals surface area contributed by atoms with E-state index in [1.807, 2.05) is 31.2 Å². The van der Waals surface area contributed by atoms with E-state index in [-0.39, 0.29) is 5.78 Å². The summed E-state index contributed by atoms with van der Waals surface area (Å²) in [6.07, 6.45) is 1.53. The number of rotatable bonds is 3. The Morgan fingerprint density at radius 3 is 2.67 bits per heavy atom. The van der Waals surface area contributed by atoms with Gasteiger partial charge in [0.25, 0.3) is 0 Å². The molecule has 0 bridgehead atoms. The molecular formula is C10H11BrO. The molecule has 0 unspecified atom stereocenters. The lowest BCUT2D eigenvalue weighted by atomic mass is 10.1. The molecule has 0 aliphatic carbocycles. The highest BCUT2D eigenvalue weighted by atomic mass is 79.9. The Morgan fingerprint density at radius 1 is 1.42 bits per heavy atom. The van der Waals surface area contributed by atoms with Crippen LogP contribution in [0, 0.1) is 0 Å². The first-order valence-electron chi connectivity index (χ1n) is 4.03. The monoisotopic (exact) mass is 226 g/mol. The van der Waals surface area contributed by atoms with Crippen molar-refractivity contribution < 1.29 is 4.79 Å². The van der Waals surface area contributed by atoms with Crippen molar-refractivity contribution in [2.24, 2.45) is 0 Å². The van der Waals surface area contributed by atoms with E-state index in [1.165, 1.54) is 0 Å². The van der Waals surface area contributed by atoms with Crippen LogP contribution in [0.25, 0.3) is 0 Å². The summed E-state index contributed by atoms with van der Waals surface area (Å²) in [6, 6.07) is 7.53. The van der Waals surface area contributed by atoms with Gasteiger partial charge < -0.3 is 0 Å². The Morgan fingerprint density at radius 2 is 2.08 bits per heavy atom. The number of ketones is 1. The van der Waals surface area contributed by atoms with Crippen molar-refractivity contribution in [2.45, 2.75) is 19.8 Å². The topological polar surface area (TPSA) is 17.1 Å². The fourth-order valence-electron chi connectivity index (χ4n) is 1.05. The highest BCUT2D eigenvalue weighted by molar-refractivity contribution is 9.10. The van der Waals surface area contributed by atoms with E-state index in [9.17, 15) is 4.79 Å². The second kappa shape index (κ2) is 4.41. The summed E-state index contributed by atoms with van der Waals surface area (Å²) >= 11 is 3.35. The minimum Gasteiger partial charge on any atom is -0.294 e. The van der Waals surface area contributed by atoms with E-state index in [0.717, 1.165) is 16.5 Å². The lowest BCUT2D eigenvalue weighted by Gasteiger charge is -2.00. The minimum absolute atomic E-state index is 0.213. The van der Waals surface area contributed by atoms with Crippen LogP contribution in [0.5, 0.6) is 0 Å². The van der Waals surface area contributed by atoms with Crippen molar-refractivity contribution in [1.82, 2.24) is 0 Å². The average molecular weight is 227 g/mol. The highest BCUT2D eigenvalue weighted by Crippen LogP contribution is 2.17. The molecule has 1 aromatic rings. The number of benzene rings is 1. The van der Waals surface area contributed by atoms with E-state index < -0.39 is 0 Å². The molecule has 0 radical (unpaired) electrons. The molecule has 1 rings (SSSR count). The SMILES string of the molecule is CCCC(=O)c1ccccc1Br. The summed E-state index contributed by atoms with van der Waals surface area (Å²) in [4.78, 5) is 11.4. The van der Waals surface area contributed by atoms with Crippen LogP contribution in [0.1, 0.15) is 30.1 Å². The standard InChI is InChI=1S/C10H11BrO/c1-2-5-10(12)8-6-3-4-7-9(8)11/h3-4,6-7H,2,5H2,1H3. The van der Waals surface area contributed by atoms with Crippen LogP contribution in [0.4, 0.5) is 0 Å². The average Bonchev–Trinajstić information content (AvgIpc) is 2.05. The third-order valence-electron chi connectivity index (χ3n) is 1.65. The van der Waals surface area contributed by atoms with Gasteiger partial charge in [0.1, 0.15) is 0 Å². The molecule has 1 aromatic carbocycles. The van der Waals surface area contributed by atoms with E-state index in [0.29, 0.717) is 6.42 Å². The number of hydrogen-bond donors (Lipinski definition) is 0. The zero-order chi connectivity index (χ0) is 8.97. The quantitative estimate of drug-likeness (QED) is 0.723. The smallest absolute Gasteiger partial charge is 0.163 e. The Labute approximate surface area is 80.9 Å². The molecule has 0 spiro atoms. The predicted octanol–water partition coefficient (Wildman–Crippen LogP) is 3.43. The highest BCUT2D eigenvalue weighted by Gasteiger charge is 2.06. The van der Waals surface area contributed by atoms with Gasteiger partial charge in [-0.25, -0.2) is 0 Å². The molecule has 0 aliphatic rings. The van der Waals surface area contributed by atoms with Crippen LogP contribution >= 0.6 is 15.9 Å². The van der Waals surface area contributed by atoms with Crippen LogP contribution in [0.2, 0.25) is 0 Å². The number of carbonyl (C=O) groups is 1. The second-order valence-electron chi connectivity index (χ2n) is 2.65. The summed E-state index contributed by atoms with van der Waals surface area (Å²) in [6.45, 7) is 2.01. The molecular weight excluding hydrogens is 216 g/mol. The molecule has 2 heteroatoms. The van der Waals surface area contributed by atoms with Gasteiger partial charge in [-0.1, -0.05) is 41.1 Å². The maximum absolute atomic E-state index is 11.4. The molecule has 0 atom stereocenters. The number of hydrogen-bond acceptors (Lipinski definition) is 1. The van der Waals surface area contributed by atoms with Gasteiger partial charge in [0.05, 0.1) is 0 Å². The zero-order valence-electron chi connectivity index (χ0n) is 7.01. The minimum atomic E-state index is 0.213. The molecule has 0 fully saturated rings. The molecule has 1 nitrogen and oxygen atoms in total. The predicted molar refractivity (Wildman–Crippen MR) is 53.4 cm³/mol. The lowest BCUT2D eigenvalue weighted by Crippen LogP contribution is -1.98. The van der Waals surface area contributed by atoms with Crippen LogP contribution in [0.3, 0.4) is 0 Å². The summed E-state index contributed by atoms with van der Waals surface area (Å²) in [5.74, 6) is 0.213. The molecule has 0 saturated heterocycles. The van der Waals surface area contributed by atoms with E-state index in [2.05, 4.69) is 15.9 Å². The van der Waals surface area contributed by atoms with Crippen molar-refractivity contribution >= 4 is 21.7 Å². The normalized spacial score (nSPS) is 9.83. The van der Waals surface area contributed by atoms with E-state index >= 15 is 0 Å². The van der Waals surface area contributed by atoms with Crippen molar-refractivity contribution in [2.75, 3.05) is 0 Å². The summed E-state index contributed by atoms with van der Waals surface area (Å²) < 4.78 is 0.892. The summed E-state index contributed by atoms with van der Waals surface area (Å²) in [5.41, 5.74) is 0.791. The maximum atomic E-state index is 11.4. The van der Waals surface area contributed by atoms with Crippen molar-refractivity contribution in [1.29, 1.82) is 0 Å². The first-order valence-corrected chi connectivity index (χ1v) is 4.82. The van der Waals surface area contributed by atoms with E-state index in [1.54, 1.807) is 0 Å². The largest absolute Gasteiger partial charge is 0.294 e. The van der Waals surface area contributed by atoms with Gasteiger partial charge in [-0.2, -0.15) is 0 Å². The number of halogens is 1. The van der Waals surface area contributed by atoms with Gasteiger partial charge in [0.15, 0.2) is 5.78 Å². The third kappa shape index (κ3) is 2.18. The third-order valence-corrected chi connectivity index (χ3v) is 2.34. The second-order valence-corrected chi connectivity index (χ2v) is 3.51. The van der Waals surface area contributed by atoms with E-state index in [4.69, 9.17) is 0 Å². The Bertz CT molecular complexity index is 281. The zero-order valence-corrected chi connectivity index (χ0v) is 8.60. The number of carbonyl (C=O) groups excluding carboxylic acids is 1. The van der Waals surface area contributed by atoms with Crippen molar-refractivity contribution in [3.63, 3.8) is 0 Å². The molecule has 0 N–H and O–H groups in total. The summed E-state index contributed by atoms with van der Waals surface area (Å²) in [5, 5.41) is 0. The maximum Gasteiger partial charge on any atom is 0.163 e. The van der Waals surface area contributed by atoms with Gasteiger partial charge in [-0.3, -0.25) is 4.79 Å². The Hall–Kier alpha value is -0.630. The van der Waals surface area contributed by atoms with Crippen LogP contribution in [0.15, 0.2) is 28.7 Å². The first-order chi connectivity index (χ1) is 5.75. The molecule has 0 amide bonds. The fraction of sp³-hybridized carbons (Fsp3) is 0.300. The Balaban J connectivity index is 2.87. The van der Waals surface area contributed by atoms with Gasteiger partial charge in [-0.15, -0.1) is 0 Å². The molecule has 0 aliphatic heterocycles. The van der Waals surface area contributed by atoms with Gasteiger partial charge in [0, 0.05) is 16.5 Å². The molecule has 0 saturated carbocycles. The molecule has 12 heavy (non-hydrogen) atoms. The van der Waals surface area contributed by atoms with Crippen LogP contribution < -0.4 is 0 Å². The van der Waals surface area contributed by atoms with Crippen LogP contribution in [-0.4, -0.2) is 5.78 Å². The van der Waals surface area contributed by atoms with Gasteiger partial charge >= 0.3 is 0 Å². The van der Waals surface area contributed by atoms with Crippen molar-refractivity contribution in [3.8, 4) is 0 Å². The van der Waals surface area contributed by atoms with Gasteiger partial charge in [-0.05, 0) is 12.5 Å². The van der Waals surface area contributed by atoms with Crippen molar-refractivity contribution in [3.05, 3.63) is 34.3 Å². The number of Topliss-reactive ketones (excluding diaryl/α,β-unsaturated/α-hetero) is 1. The molecule has 0 heterocycles.